The number of rotatable bonds is 6. The van der Waals surface area contributed by atoms with E-state index in [0.717, 1.165) is 51.1 Å². The molecule has 4 nitrogen and oxygen atoms in total. The summed E-state index contributed by atoms with van der Waals surface area (Å²) in [5, 5.41) is 7.31. The molecule has 0 aliphatic heterocycles. The molecule has 112 valence electrons. The van der Waals surface area contributed by atoms with E-state index in [-0.39, 0.29) is 0 Å². The van der Waals surface area contributed by atoms with E-state index in [1.807, 2.05) is 24.3 Å². The van der Waals surface area contributed by atoms with Crippen LogP contribution in [0.25, 0.3) is 0 Å². The van der Waals surface area contributed by atoms with E-state index in [2.05, 4.69) is 57.0 Å². The minimum atomic E-state index is 0.729. The second kappa shape index (κ2) is 7.79. The highest BCUT2D eigenvalue weighted by Crippen LogP contribution is 2.25. The molecule has 2 rings (SSSR count). The first kappa shape index (κ1) is 16.3. The number of hydrogen-bond acceptors (Lipinski definition) is 4. The molecule has 1 aromatic heterocycles. The molecule has 0 unspecified atom stereocenters. The van der Waals surface area contributed by atoms with Crippen molar-refractivity contribution in [3.8, 4) is 0 Å². The SMILES string of the molecule is CCCc1nc(NCC)cc(Nc2ccc(Cl)cc2I)n1. The fourth-order valence-electron chi connectivity index (χ4n) is 1.90. The Bertz CT molecular complexity index is 594. The van der Waals surface area contributed by atoms with Crippen LogP contribution >= 0.6 is 34.2 Å². The highest BCUT2D eigenvalue weighted by atomic mass is 127. The van der Waals surface area contributed by atoms with Gasteiger partial charge < -0.3 is 10.6 Å². The second-order valence-corrected chi connectivity index (χ2v) is 6.18. The van der Waals surface area contributed by atoms with Crippen LogP contribution in [0.1, 0.15) is 26.1 Å². The van der Waals surface area contributed by atoms with Crippen molar-refractivity contribution in [3.05, 3.63) is 38.7 Å². The quantitative estimate of drug-likeness (QED) is 0.660. The van der Waals surface area contributed by atoms with E-state index in [9.17, 15) is 0 Å². The molecule has 0 saturated carbocycles. The highest BCUT2D eigenvalue weighted by Gasteiger charge is 2.06. The molecular weight excluding hydrogens is 399 g/mol. The molecule has 6 heteroatoms. The molecule has 0 spiro atoms. The lowest BCUT2D eigenvalue weighted by atomic mass is 10.3. The Hall–Kier alpha value is -1.08. The van der Waals surface area contributed by atoms with Crippen LogP contribution in [0.5, 0.6) is 0 Å². The predicted molar refractivity (Wildman–Crippen MR) is 97.6 cm³/mol. The predicted octanol–water partition coefficient (Wildman–Crippen LogP) is 4.86. The van der Waals surface area contributed by atoms with E-state index in [1.165, 1.54) is 0 Å². The number of anilines is 3. The maximum atomic E-state index is 5.98. The lowest BCUT2D eigenvalue weighted by Gasteiger charge is -2.11. The van der Waals surface area contributed by atoms with Gasteiger partial charge in [0.2, 0.25) is 0 Å². The van der Waals surface area contributed by atoms with Gasteiger partial charge in [-0.3, -0.25) is 0 Å². The summed E-state index contributed by atoms with van der Waals surface area (Å²) in [6, 6.07) is 7.67. The smallest absolute Gasteiger partial charge is 0.136 e. The summed E-state index contributed by atoms with van der Waals surface area (Å²) in [6.07, 6.45) is 1.89. The molecule has 0 radical (unpaired) electrons. The molecule has 0 atom stereocenters. The van der Waals surface area contributed by atoms with Crippen molar-refractivity contribution >= 4 is 51.5 Å². The Morgan fingerprint density at radius 1 is 1.14 bits per heavy atom. The Kier molecular flexibility index (Phi) is 6.05. The van der Waals surface area contributed by atoms with Crippen LogP contribution in [0.15, 0.2) is 24.3 Å². The summed E-state index contributed by atoms with van der Waals surface area (Å²) < 4.78 is 1.06. The van der Waals surface area contributed by atoms with Gasteiger partial charge >= 0.3 is 0 Å². The molecule has 0 aliphatic rings. The highest BCUT2D eigenvalue weighted by molar-refractivity contribution is 14.1. The first-order valence-electron chi connectivity index (χ1n) is 6.96. The zero-order valence-corrected chi connectivity index (χ0v) is 15.0. The van der Waals surface area contributed by atoms with E-state index in [0.29, 0.717) is 0 Å². The lowest BCUT2D eigenvalue weighted by Crippen LogP contribution is -2.06. The van der Waals surface area contributed by atoms with Gasteiger partial charge in [-0.15, -0.1) is 0 Å². The third-order valence-corrected chi connectivity index (χ3v) is 3.93. The average molecular weight is 417 g/mol. The van der Waals surface area contributed by atoms with Crippen LogP contribution in [0.2, 0.25) is 5.02 Å². The molecule has 0 bridgehead atoms. The molecule has 0 saturated heterocycles. The summed E-state index contributed by atoms with van der Waals surface area (Å²) in [5.41, 5.74) is 0.989. The van der Waals surface area contributed by atoms with Gasteiger partial charge in [0.1, 0.15) is 17.5 Å². The van der Waals surface area contributed by atoms with Gasteiger partial charge in [0.25, 0.3) is 0 Å². The molecule has 0 amide bonds. The van der Waals surface area contributed by atoms with Gasteiger partial charge in [0.15, 0.2) is 0 Å². The van der Waals surface area contributed by atoms with Gasteiger partial charge in [-0.1, -0.05) is 18.5 Å². The fraction of sp³-hybridized carbons (Fsp3) is 0.333. The van der Waals surface area contributed by atoms with E-state index < -0.39 is 0 Å². The largest absolute Gasteiger partial charge is 0.370 e. The van der Waals surface area contributed by atoms with Crippen molar-refractivity contribution in [3.63, 3.8) is 0 Å². The van der Waals surface area contributed by atoms with Gasteiger partial charge in [0.05, 0.1) is 5.69 Å². The lowest BCUT2D eigenvalue weighted by molar-refractivity contribution is 0.836. The molecule has 1 heterocycles. The number of nitrogens with one attached hydrogen (secondary N) is 2. The first-order valence-corrected chi connectivity index (χ1v) is 8.42. The van der Waals surface area contributed by atoms with E-state index in [1.54, 1.807) is 0 Å². The molecule has 2 N–H and O–H groups in total. The number of aromatic nitrogens is 2. The molecule has 0 aliphatic carbocycles. The van der Waals surface area contributed by atoms with Crippen molar-refractivity contribution in [2.75, 3.05) is 17.2 Å². The summed E-state index contributed by atoms with van der Waals surface area (Å²) in [6.45, 7) is 5.01. The zero-order valence-electron chi connectivity index (χ0n) is 12.1. The Morgan fingerprint density at radius 3 is 2.57 bits per heavy atom. The van der Waals surface area contributed by atoms with Crippen LogP contribution in [0.4, 0.5) is 17.3 Å². The topological polar surface area (TPSA) is 49.8 Å². The third kappa shape index (κ3) is 4.71. The Balaban J connectivity index is 2.29. The van der Waals surface area contributed by atoms with Crippen LogP contribution in [0, 0.1) is 3.57 Å². The molecule has 0 fully saturated rings. The summed E-state index contributed by atoms with van der Waals surface area (Å²) >= 11 is 8.24. The van der Waals surface area contributed by atoms with Gasteiger partial charge in [-0.25, -0.2) is 9.97 Å². The summed E-state index contributed by atoms with van der Waals surface area (Å²) in [5.74, 6) is 2.49. The monoisotopic (exact) mass is 416 g/mol. The number of hydrogen-bond donors (Lipinski definition) is 2. The van der Waals surface area contributed by atoms with E-state index in [4.69, 9.17) is 11.6 Å². The third-order valence-electron chi connectivity index (χ3n) is 2.80. The first-order chi connectivity index (χ1) is 10.1. The van der Waals surface area contributed by atoms with Crippen LogP contribution in [-0.4, -0.2) is 16.5 Å². The fourth-order valence-corrected chi connectivity index (χ4v) is 2.90. The minimum Gasteiger partial charge on any atom is -0.370 e. The number of nitrogens with zero attached hydrogens (tertiary/aromatic N) is 2. The molecular formula is C15H18ClIN4. The Morgan fingerprint density at radius 2 is 1.90 bits per heavy atom. The summed E-state index contributed by atoms with van der Waals surface area (Å²) in [4.78, 5) is 9.07. The van der Waals surface area contributed by atoms with Crippen molar-refractivity contribution in [1.29, 1.82) is 0 Å². The van der Waals surface area contributed by atoms with Crippen LogP contribution < -0.4 is 10.6 Å². The second-order valence-electron chi connectivity index (χ2n) is 4.58. The molecule has 21 heavy (non-hydrogen) atoms. The maximum absolute atomic E-state index is 5.98. The number of aryl methyl sites for hydroxylation is 1. The van der Waals surface area contributed by atoms with Gasteiger partial charge in [0, 0.05) is 27.6 Å². The van der Waals surface area contributed by atoms with Crippen molar-refractivity contribution in [1.82, 2.24) is 9.97 Å². The zero-order chi connectivity index (χ0) is 15.2. The number of halogens is 2. The maximum Gasteiger partial charge on any atom is 0.136 e. The molecule has 2 aromatic rings. The van der Waals surface area contributed by atoms with Gasteiger partial charge in [-0.2, -0.15) is 0 Å². The average Bonchev–Trinajstić information content (AvgIpc) is 2.42. The minimum absolute atomic E-state index is 0.729. The Labute approximate surface area is 143 Å². The van der Waals surface area contributed by atoms with Gasteiger partial charge in [-0.05, 0) is 54.1 Å². The van der Waals surface area contributed by atoms with E-state index >= 15 is 0 Å². The normalized spacial score (nSPS) is 10.5. The van der Waals surface area contributed by atoms with Crippen molar-refractivity contribution in [2.45, 2.75) is 26.7 Å². The summed E-state index contributed by atoms with van der Waals surface area (Å²) in [7, 11) is 0. The number of benzene rings is 1. The molecule has 1 aromatic carbocycles. The van der Waals surface area contributed by atoms with Crippen molar-refractivity contribution in [2.24, 2.45) is 0 Å². The van der Waals surface area contributed by atoms with Crippen molar-refractivity contribution < 1.29 is 0 Å². The van der Waals surface area contributed by atoms with Crippen LogP contribution in [-0.2, 0) is 6.42 Å². The standard InChI is InChI=1S/C15H18ClIN4/c1-3-5-13-20-14(18-4-2)9-15(21-13)19-12-7-6-10(16)8-11(12)17/h6-9H,3-5H2,1-2H3,(H2,18,19,20,21). The van der Waals surface area contributed by atoms with Crippen LogP contribution in [0.3, 0.4) is 0 Å².